The van der Waals surface area contributed by atoms with Crippen molar-refractivity contribution in [3.05, 3.63) is 40.1 Å². The molecule has 158 valence electrons. The Morgan fingerprint density at radius 2 is 1.79 bits per heavy atom. The Labute approximate surface area is 172 Å². The lowest BCUT2D eigenvalue weighted by atomic mass is 9.75. The molecular formula is C23H31NO5. The third-order valence-corrected chi connectivity index (χ3v) is 5.98. The largest absolute Gasteiger partial charge is 0.513 e. The Morgan fingerprint density at radius 1 is 1.17 bits per heavy atom. The molecule has 1 aliphatic carbocycles. The van der Waals surface area contributed by atoms with Crippen LogP contribution in [0.2, 0.25) is 0 Å². The highest BCUT2D eigenvalue weighted by Crippen LogP contribution is 2.45. The number of methoxy groups -OCH3 is 1. The third kappa shape index (κ3) is 4.17. The molecule has 29 heavy (non-hydrogen) atoms. The zero-order chi connectivity index (χ0) is 21.2. The summed E-state index contributed by atoms with van der Waals surface area (Å²) in [5.74, 6) is 0.662. The van der Waals surface area contributed by atoms with Crippen LogP contribution in [-0.4, -0.2) is 37.9 Å². The van der Waals surface area contributed by atoms with Crippen LogP contribution >= 0.6 is 0 Å². The number of aryl methyl sites for hydroxylation is 3. The molecular weight excluding hydrogens is 370 g/mol. The quantitative estimate of drug-likeness (QED) is 0.749. The smallest absolute Gasteiger partial charge is 0.434 e. The maximum absolute atomic E-state index is 13.2. The summed E-state index contributed by atoms with van der Waals surface area (Å²) >= 11 is 0. The Balaban J connectivity index is 2.08. The Hall–Kier alpha value is -2.34. The van der Waals surface area contributed by atoms with E-state index >= 15 is 0 Å². The molecule has 1 spiro atoms. The van der Waals surface area contributed by atoms with Gasteiger partial charge < -0.3 is 19.5 Å². The molecule has 1 heterocycles. The van der Waals surface area contributed by atoms with E-state index in [0.29, 0.717) is 36.7 Å². The SMILES string of the molecule is CCOC(=O)OC1=C(c2c(C)cc(C)cc2C)C(=O)NC12CCC(COC)CC2. The fourth-order valence-corrected chi connectivity index (χ4v) is 4.78. The Bertz CT molecular complexity index is 811. The fraction of sp³-hybridized carbons (Fsp3) is 0.565. The van der Waals surface area contributed by atoms with Gasteiger partial charge in [-0.15, -0.1) is 0 Å². The van der Waals surface area contributed by atoms with Crippen LogP contribution in [0.25, 0.3) is 5.57 Å². The van der Waals surface area contributed by atoms with Gasteiger partial charge in [0.2, 0.25) is 0 Å². The van der Waals surface area contributed by atoms with E-state index in [4.69, 9.17) is 14.2 Å². The van der Waals surface area contributed by atoms with E-state index in [9.17, 15) is 9.59 Å². The lowest BCUT2D eigenvalue weighted by Crippen LogP contribution is -2.48. The summed E-state index contributed by atoms with van der Waals surface area (Å²) in [5, 5.41) is 3.16. The second kappa shape index (κ2) is 8.57. The van der Waals surface area contributed by atoms with Gasteiger partial charge in [0.25, 0.3) is 5.91 Å². The minimum atomic E-state index is -0.766. The third-order valence-electron chi connectivity index (χ3n) is 5.98. The van der Waals surface area contributed by atoms with Crippen molar-refractivity contribution >= 4 is 17.6 Å². The van der Waals surface area contributed by atoms with Crippen molar-refractivity contribution in [2.45, 2.75) is 58.9 Å². The lowest BCUT2D eigenvalue weighted by molar-refractivity contribution is -0.116. The first kappa shape index (κ1) is 21.4. The lowest BCUT2D eigenvalue weighted by Gasteiger charge is -2.38. The number of rotatable bonds is 5. The minimum Gasteiger partial charge on any atom is -0.434 e. The summed E-state index contributed by atoms with van der Waals surface area (Å²) < 4.78 is 16.1. The van der Waals surface area contributed by atoms with Crippen LogP contribution in [-0.2, 0) is 19.0 Å². The van der Waals surface area contributed by atoms with Gasteiger partial charge in [-0.3, -0.25) is 4.79 Å². The number of hydrogen-bond acceptors (Lipinski definition) is 5. The van der Waals surface area contributed by atoms with Crippen molar-refractivity contribution in [1.82, 2.24) is 5.32 Å². The molecule has 6 heteroatoms. The molecule has 1 amide bonds. The van der Waals surface area contributed by atoms with E-state index in [1.165, 1.54) is 0 Å². The van der Waals surface area contributed by atoms with Gasteiger partial charge >= 0.3 is 6.16 Å². The van der Waals surface area contributed by atoms with Crippen LogP contribution < -0.4 is 5.32 Å². The molecule has 1 fully saturated rings. The molecule has 0 unspecified atom stereocenters. The van der Waals surface area contributed by atoms with E-state index in [2.05, 4.69) is 5.32 Å². The molecule has 0 aromatic heterocycles. The van der Waals surface area contributed by atoms with Crippen molar-refractivity contribution in [2.75, 3.05) is 20.3 Å². The van der Waals surface area contributed by atoms with Gasteiger partial charge in [-0.2, -0.15) is 0 Å². The number of benzene rings is 1. The molecule has 1 aliphatic heterocycles. The summed E-state index contributed by atoms with van der Waals surface area (Å²) in [7, 11) is 1.71. The average Bonchev–Trinajstić information content (AvgIpc) is 2.89. The van der Waals surface area contributed by atoms with Crippen molar-refractivity contribution in [3.8, 4) is 0 Å². The molecule has 1 N–H and O–H groups in total. The van der Waals surface area contributed by atoms with Gasteiger partial charge in [0.15, 0.2) is 0 Å². The molecule has 0 bridgehead atoms. The monoisotopic (exact) mass is 401 g/mol. The predicted octanol–water partition coefficient (Wildman–Crippen LogP) is 4.20. The first-order chi connectivity index (χ1) is 13.8. The molecule has 0 radical (unpaired) electrons. The number of amides is 1. The number of carbonyl (C=O) groups excluding carboxylic acids is 2. The van der Waals surface area contributed by atoms with Crippen LogP contribution in [0.5, 0.6) is 0 Å². The standard InChI is InChI=1S/C23H31NO5/c1-6-28-22(26)29-20-19(18-15(3)11-14(2)12-16(18)4)21(25)24-23(20)9-7-17(8-10-23)13-27-5/h11-12,17H,6-10,13H2,1-5H3,(H,24,25). The highest BCUT2D eigenvalue weighted by Gasteiger charge is 2.50. The molecule has 0 saturated heterocycles. The molecule has 1 saturated carbocycles. The molecule has 1 aromatic carbocycles. The number of hydrogen-bond donors (Lipinski definition) is 1. The van der Waals surface area contributed by atoms with Crippen molar-refractivity contribution < 1.29 is 23.8 Å². The van der Waals surface area contributed by atoms with E-state index in [1.54, 1.807) is 14.0 Å². The van der Waals surface area contributed by atoms with E-state index in [0.717, 1.165) is 35.1 Å². The zero-order valence-corrected chi connectivity index (χ0v) is 18.0. The minimum absolute atomic E-state index is 0.190. The molecule has 2 aliphatic rings. The summed E-state index contributed by atoms with van der Waals surface area (Å²) in [4.78, 5) is 25.4. The molecule has 3 rings (SSSR count). The topological polar surface area (TPSA) is 73.9 Å². The molecule has 6 nitrogen and oxygen atoms in total. The molecule has 1 aromatic rings. The normalized spacial score (nSPS) is 24.0. The maximum Gasteiger partial charge on any atom is 0.513 e. The van der Waals surface area contributed by atoms with E-state index in [1.807, 2.05) is 32.9 Å². The Kier molecular flexibility index (Phi) is 6.32. The van der Waals surface area contributed by atoms with Gasteiger partial charge in [0.05, 0.1) is 17.7 Å². The Morgan fingerprint density at radius 3 is 2.34 bits per heavy atom. The second-order valence-electron chi connectivity index (χ2n) is 8.20. The number of ether oxygens (including phenoxy) is 3. The van der Waals surface area contributed by atoms with Gasteiger partial charge in [0.1, 0.15) is 5.76 Å². The maximum atomic E-state index is 13.2. The van der Waals surface area contributed by atoms with Crippen molar-refractivity contribution in [3.63, 3.8) is 0 Å². The van der Waals surface area contributed by atoms with Gasteiger partial charge in [-0.25, -0.2) is 4.79 Å². The van der Waals surface area contributed by atoms with Crippen LogP contribution in [0.4, 0.5) is 4.79 Å². The van der Waals surface area contributed by atoms with Crippen LogP contribution in [0.3, 0.4) is 0 Å². The summed E-state index contributed by atoms with van der Waals surface area (Å²) in [6.07, 6.45) is 2.42. The van der Waals surface area contributed by atoms with Crippen molar-refractivity contribution in [2.24, 2.45) is 5.92 Å². The average molecular weight is 402 g/mol. The van der Waals surface area contributed by atoms with E-state index in [-0.39, 0.29) is 12.5 Å². The van der Waals surface area contributed by atoms with Crippen LogP contribution in [0.1, 0.15) is 54.9 Å². The van der Waals surface area contributed by atoms with Crippen LogP contribution in [0, 0.1) is 26.7 Å². The highest BCUT2D eigenvalue weighted by atomic mass is 16.7. The number of nitrogens with one attached hydrogen (secondary N) is 1. The predicted molar refractivity (Wildman–Crippen MR) is 110 cm³/mol. The zero-order valence-electron chi connectivity index (χ0n) is 18.0. The second-order valence-corrected chi connectivity index (χ2v) is 8.20. The first-order valence-electron chi connectivity index (χ1n) is 10.3. The number of carbonyl (C=O) groups is 2. The molecule has 0 atom stereocenters. The van der Waals surface area contributed by atoms with Gasteiger partial charge in [0, 0.05) is 13.7 Å². The van der Waals surface area contributed by atoms with Crippen molar-refractivity contribution in [1.29, 1.82) is 0 Å². The highest BCUT2D eigenvalue weighted by molar-refractivity contribution is 6.24. The van der Waals surface area contributed by atoms with E-state index < -0.39 is 11.7 Å². The summed E-state index contributed by atoms with van der Waals surface area (Å²) in [5.41, 5.74) is 3.73. The van der Waals surface area contributed by atoms with Crippen LogP contribution in [0.15, 0.2) is 17.9 Å². The first-order valence-corrected chi connectivity index (χ1v) is 10.3. The summed E-state index contributed by atoms with van der Waals surface area (Å²) in [6.45, 7) is 8.64. The van der Waals surface area contributed by atoms with Gasteiger partial charge in [-0.1, -0.05) is 17.7 Å². The fourth-order valence-electron chi connectivity index (χ4n) is 4.78. The summed E-state index contributed by atoms with van der Waals surface area (Å²) in [6, 6.07) is 4.09. The van der Waals surface area contributed by atoms with Gasteiger partial charge in [-0.05, 0) is 76.0 Å².